The van der Waals surface area contributed by atoms with Gasteiger partial charge in [0.25, 0.3) is 0 Å². The summed E-state index contributed by atoms with van der Waals surface area (Å²) >= 11 is 0. The van der Waals surface area contributed by atoms with Crippen molar-refractivity contribution in [3.05, 3.63) is 77.5 Å². The first-order valence-electron chi connectivity index (χ1n) is 11.0. The van der Waals surface area contributed by atoms with Gasteiger partial charge in [0, 0.05) is 18.3 Å². The standard InChI is InChI=1S/C27H27N5O2/c1-17(2)19-7-5-18(6-8-19)15-29-23-10-9-20(13-25(23)33-3)31-22-11-12-24-27(21(22)14-28)32-26(34-4)16-30-24/h5-13,16-17,29,31H,15H2,1-4H3. The number of nitriles is 1. The van der Waals surface area contributed by atoms with E-state index in [9.17, 15) is 5.26 Å². The molecule has 0 bridgehead atoms. The van der Waals surface area contributed by atoms with Crippen LogP contribution in [0.2, 0.25) is 0 Å². The first kappa shape index (κ1) is 22.9. The molecule has 0 spiro atoms. The summed E-state index contributed by atoms with van der Waals surface area (Å²) in [7, 11) is 3.16. The van der Waals surface area contributed by atoms with Crippen molar-refractivity contribution >= 4 is 28.1 Å². The molecule has 0 saturated carbocycles. The number of nitrogens with zero attached hydrogens (tertiary/aromatic N) is 3. The number of fused-ring (bicyclic) bond motifs is 1. The monoisotopic (exact) mass is 453 g/mol. The summed E-state index contributed by atoms with van der Waals surface area (Å²) in [6, 6.07) is 20.3. The van der Waals surface area contributed by atoms with Crippen LogP contribution in [0.3, 0.4) is 0 Å². The number of hydrogen-bond donors (Lipinski definition) is 2. The van der Waals surface area contributed by atoms with Gasteiger partial charge >= 0.3 is 0 Å². The van der Waals surface area contributed by atoms with Gasteiger partial charge in [0.1, 0.15) is 22.9 Å². The maximum absolute atomic E-state index is 9.80. The van der Waals surface area contributed by atoms with Gasteiger partial charge in [0.15, 0.2) is 0 Å². The smallest absolute Gasteiger partial charge is 0.232 e. The molecule has 7 nitrogen and oxygen atoms in total. The molecule has 3 aromatic carbocycles. The fourth-order valence-corrected chi connectivity index (χ4v) is 3.67. The summed E-state index contributed by atoms with van der Waals surface area (Å²) in [4.78, 5) is 8.71. The van der Waals surface area contributed by atoms with E-state index in [1.807, 2.05) is 30.3 Å². The molecule has 0 amide bonds. The van der Waals surface area contributed by atoms with E-state index in [4.69, 9.17) is 9.47 Å². The SMILES string of the molecule is COc1cnc2ccc(Nc3ccc(NCc4ccc(C(C)C)cc4)c(OC)c3)c(C#N)c2n1. The van der Waals surface area contributed by atoms with Gasteiger partial charge < -0.3 is 20.1 Å². The lowest BCUT2D eigenvalue weighted by atomic mass is 10.0. The Hall–Kier alpha value is -4.31. The first-order chi connectivity index (χ1) is 16.5. The maximum Gasteiger partial charge on any atom is 0.232 e. The topological polar surface area (TPSA) is 92.1 Å². The predicted octanol–water partition coefficient (Wildman–Crippen LogP) is 6.00. The highest BCUT2D eigenvalue weighted by atomic mass is 16.5. The molecule has 1 aromatic heterocycles. The Morgan fingerprint density at radius 3 is 2.41 bits per heavy atom. The number of methoxy groups -OCH3 is 2. The van der Waals surface area contributed by atoms with E-state index < -0.39 is 0 Å². The Morgan fingerprint density at radius 1 is 0.971 bits per heavy atom. The zero-order valence-electron chi connectivity index (χ0n) is 19.7. The third kappa shape index (κ3) is 4.86. The lowest BCUT2D eigenvalue weighted by molar-refractivity contribution is 0.397. The molecule has 4 rings (SSSR count). The van der Waals surface area contributed by atoms with Crippen LogP contribution in [0.15, 0.2) is 60.8 Å². The van der Waals surface area contributed by atoms with Crippen LogP contribution in [-0.2, 0) is 6.54 Å². The van der Waals surface area contributed by atoms with Crippen LogP contribution in [0.1, 0.15) is 36.5 Å². The van der Waals surface area contributed by atoms with E-state index in [1.54, 1.807) is 7.11 Å². The highest BCUT2D eigenvalue weighted by molar-refractivity contribution is 5.88. The van der Waals surface area contributed by atoms with E-state index in [0.29, 0.717) is 46.4 Å². The van der Waals surface area contributed by atoms with Crippen molar-refractivity contribution in [1.82, 2.24) is 9.97 Å². The Labute approximate surface area is 199 Å². The van der Waals surface area contributed by atoms with Crippen molar-refractivity contribution in [3.8, 4) is 17.7 Å². The Bertz CT molecular complexity index is 1340. The van der Waals surface area contributed by atoms with Crippen molar-refractivity contribution in [1.29, 1.82) is 5.26 Å². The molecule has 0 aliphatic heterocycles. The van der Waals surface area contributed by atoms with Gasteiger partial charge in [-0.2, -0.15) is 5.26 Å². The first-order valence-corrected chi connectivity index (χ1v) is 11.0. The summed E-state index contributed by atoms with van der Waals surface area (Å²) < 4.78 is 10.8. The molecule has 34 heavy (non-hydrogen) atoms. The van der Waals surface area contributed by atoms with Crippen LogP contribution >= 0.6 is 0 Å². The molecular weight excluding hydrogens is 426 g/mol. The number of nitrogens with one attached hydrogen (secondary N) is 2. The third-order valence-electron chi connectivity index (χ3n) is 5.62. The highest BCUT2D eigenvalue weighted by Crippen LogP contribution is 2.32. The Morgan fingerprint density at radius 2 is 1.74 bits per heavy atom. The number of hydrogen-bond acceptors (Lipinski definition) is 7. The fourth-order valence-electron chi connectivity index (χ4n) is 3.67. The van der Waals surface area contributed by atoms with Gasteiger partial charge in [-0.3, -0.25) is 0 Å². The molecule has 7 heteroatoms. The molecule has 0 aliphatic carbocycles. The number of ether oxygens (including phenoxy) is 2. The minimum absolute atomic E-state index is 0.358. The predicted molar refractivity (Wildman–Crippen MR) is 135 cm³/mol. The van der Waals surface area contributed by atoms with Crippen molar-refractivity contribution in [3.63, 3.8) is 0 Å². The molecule has 0 aliphatic rings. The summed E-state index contributed by atoms with van der Waals surface area (Å²) in [5.74, 6) is 1.57. The zero-order valence-corrected chi connectivity index (χ0v) is 19.7. The van der Waals surface area contributed by atoms with Crippen molar-refractivity contribution < 1.29 is 9.47 Å². The van der Waals surface area contributed by atoms with E-state index in [0.717, 1.165) is 11.4 Å². The molecule has 0 radical (unpaired) electrons. The minimum atomic E-state index is 0.358. The van der Waals surface area contributed by atoms with E-state index in [1.165, 1.54) is 24.4 Å². The van der Waals surface area contributed by atoms with Gasteiger partial charge in [-0.1, -0.05) is 38.1 Å². The largest absolute Gasteiger partial charge is 0.495 e. The van der Waals surface area contributed by atoms with Crippen LogP contribution < -0.4 is 20.1 Å². The summed E-state index contributed by atoms with van der Waals surface area (Å²) in [6.07, 6.45) is 1.53. The van der Waals surface area contributed by atoms with Crippen LogP contribution in [0.25, 0.3) is 11.0 Å². The lowest BCUT2D eigenvalue weighted by Crippen LogP contribution is -2.03. The zero-order chi connectivity index (χ0) is 24.1. The molecule has 0 atom stereocenters. The molecule has 2 N–H and O–H groups in total. The van der Waals surface area contributed by atoms with Crippen LogP contribution in [-0.4, -0.2) is 24.2 Å². The number of anilines is 3. The van der Waals surface area contributed by atoms with Gasteiger partial charge in [0.2, 0.25) is 5.88 Å². The molecule has 0 saturated heterocycles. The van der Waals surface area contributed by atoms with Crippen molar-refractivity contribution in [2.75, 3.05) is 24.9 Å². The Kier molecular flexibility index (Phi) is 6.79. The number of benzene rings is 3. The highest BCUT2D eigenvalue weighted by Gasteiger charge is 2.13. The third-order valence-corrected chi connectivity index (χ3v) is 5.62. The average Bonchev–Trinajstić information content (AvgIpc) is 2.87. The number of rotatable bonds is 8. The quantitative estimate of drug-likeness (QED) is 0.338. The van der Waals surface area contributed by atoms with E-state index >= 15 is 0 Å². The molecular formula is C27H27N5O2. The average molecular weight is 454 g/mol. The Balaban J connectivity index is 1.55. The van der Waals surface area contributed by atoms with Gasteiger partial charge in [0.05, 0.1) is 37.3 Å². The summed E-state index contributed by atoms with van der Waals surface area (Å²) in [6.45, 7) is 5.07. The van der Waals surface area contributed by atoms with Crippen LogP contribution in [0, 0.1) is 11.3 Å². The summed E-state index contributed by atoms with van der Waals surface area (Å²) in [5.41, 5.74) is 6.33. The molecule has 0 unspecified atom stereocenters. The molecule has 1 heterocycles. The van der Waals surface area contributed by atoms with Crippen molar-refractivity contribution in [2.45, 2.75) is 26.3 Å². The second-order valence-electron chi connectivity index (χ2n) is 8.17. The second kappa shape index (κ2) is 10.1. The van der Waals surface area contributed by atoms with E-state index in [2.05, 4.69) is 64.8 Å². The fraction of sp³-hybridized carbons (Fsp3) is 0.222. The second-order valence-corrected chi connectivity index (χ2v) is 8.17. The van der Waals surface area contributed by atoms with Crippen LogP contribution in [0.4, 0.5) is 17.1 Å². The van der Waals surface area contributed by atoms with Crippen LogP contribution in [0.5, 0.6) is 11.6 Å². The number of aromatic nitrogens is 2. The minimum Gasteiger partial charge on any atom is -0.495 e. The molecule has 0 fully saturated rings. The summed E-state index contributed by atoms with van der Waals surface area (Å²) in [5, 5.41) is 16.5. The lowest BCUT2D eigenvalue weighted by Gasteiger charge is -2.15. The van der Waals surface area contributed by atoms with Crippen molar-refractivity contribution in [2.24, 2.45) is 0 Å². The van der Waals surface area contributed by atoms with Gasteiger partial charge in [-0.25, -0.2) is 9.97 Å². The molecule has 172 valence electrons. The van der Waals surface area contributed by atoms with Gasteiger partial charge in [-0.05, 0) is 41.3 Å². The normalized spacial score (nSPS) is 10.7. The van der Waals surface area contributed by atoms with E-state index in [-0.39, 0.29) is 0 Å². The maximum atomic E-state index is 9.80. The van der Waals surface area contributed by atoms with Gasteiger partial charge in [-0.15, -0.1) is 0 Å². The molecule has 4 aromatic rings.